The van der Waals surface area contributed by atoms with E-state index in [1.807, 2.05) is 6.92 Å². The van der Waals surface area contributed by atoms with E-state index >= 15 is 0 Å². The van der Waals surface area contributed by atoms with Crippen molar-refractivity contribution in [2.75, 3.05) is 13.1 Å². The normalized spacial score (nSPS) is 36.7. The van der Waals surface area contributed by atoms with E-state index in [-0.39, 0.29) is 42.7 Å². The van der Waals surface area contributed by atoms with E-state index in [1.54, 1.807) is 0 Å². The molecule has 0 aromatic carbocycles. The second-order valence-electron chi connectivity index (χ2n) is 7.68. The molecule has 0 spiro atoms. The zero-order valence-corrected chi connectivity index (χ0v) is 14.0. The minimum Gasteiger partial charge on any atom is -0.480 e. The topological polar surface area (TPSA) is 78.9 Å². The summed E-state index contributed by atoms with van der Waals surface area (Å²) in [6.07, 6.45) is 4.89. The monoisotopic (exact) mass is 324 g/mol. The van der Waals surface area contributed by atoms with Crippen molar-refractivity contribution in [1.82, 2.24) is 10.2 Å². The van der Waals surface area contributed by atoms with Crippen LogP contribution in [0, 0.1) is 11.8 Å². The van der Waals surface area contributed by atoms with Gasteiger partial charge in [0.15, 0.2) is 0 Å². The molecule has 3 rings (SSSR count). The van der Waals surface area contributed by atoms with Gasteiger partial charge < -0.3 is 15.2 Å². The lowest BCUT2D eigenvalue weighted by molar-refractivity contribution is -0.140. The molecule has 2 saturated carbocycles. The van der Waals surface area contributed by atoms with Crippen LogP contribution in [-0.2, 0) is 14.3 Å². The summed E-state index contributed by atoms with van der Waals surface area (Å²) in [5, 5.41) is 12.1. The number of rotatable bonds is 7. The van der Waals surface area contributed by atoms with E-state index in [0.717, 1.165) is 25.8 Å². The second kappa shape index (κ2) is 6.77. The van der Waals surface area contributed by atoms with Gasteiger partial charge in [-0.2, -0.15) is 0 Å². The van der Waals surface area contributed by atoms with Crippen LogP contribution in [0.1, 0.15) is 46.0 Å². The van der Waals surface area contributed by atoms with Crippen LogP contribution in [0.5, 0.6) is 0 Å². The predicted octanol–water partition coefficient (Wildman–Crippen LogP) is 1.24. The van der Waals surface area contributed by atoms with Crippen molar-refractivity contribution in [3.63, 3.8) is 0 Å². The van der Waals surface area contributed by atoms with E-state index in [2.05, 4.69) is 17.1 Å². The molecule has 6 nitrogen and oxygen atoms in total. The fraction of sp³-hybridized carbons (Fsp3) is 0.882. The molecule has 3 atom stereocenters. The first kappa shape index (κ1) is 16.7. The molecule has 0 aromatic rings. The smallest absolute Gasteiger partial charge is 0.317 e. The van der Waals surface area contributed by atoms with E-state index in [4.69, 9.17) is 9.84 Å². The van der Waals surface area contributed by atoms with Crippen molar-refractivity contribution in [3.05, 3.63) is 0 Å². The molecule has 0 bridgehead atoms. The number of nitrogens with one attached hydrogen (secondary N) is 1. The molecular formula is C17H28N2O4. The average molecular weight is 324 g/mol. The molecule has 23 heavy (non-hydrogen) atoms. The van der Waals surface area contributed by atoms with Crippen molar-refractivity contribution in [3.8, 4) is 0 Å². The molecule has 0 aromatic heterocycles. The molecule has 1 aliphatic heterocycles. The van der Waals surface area contributed by atoms with Gasteiger partial charge in [0.1, 0.15) is 6.10 Å². The second-order valence-corrected chi connectivity index (χ2v) is 7.68. The molecule has 1 amide bonds. The highest BCUT2D eigenvalue weighted by molar-refractivity contribution is 5.81. The Labute approximate surface area is 137 Å². The van der Waals surface area contributed by atoms with Crippen molar-refractivity contribution in [2.24, 2.45) is 11.8 Å². The number of carboxylic acid groups (broad SMARTS) is 1. The van der Waals surface area contributed by atoms with Gasteiger partial charge in [0.2, 0.25) is 5.91 Å². The van der Waals surface area contributed by atoms with Crippen molar-refractivity contribution >= 4 is 11.9 Å². The van der Waals surface area contributed by atoms with Gasteiger partial charge in [0.05, 0.1) is 12.6 Å². The first-order valence-electron chi connectivity index (χ1n) is 8.84. The number of carboxylic acids is 1. The zero-order valence-electron chi connectivity index (χ0n) is 14.0. The van der Waals surface area contributed by atoms with Crippen LogP contribution in [0.25, 0.3) is 0 Å². The maximum Gasteiger partial charge on any atom is 0.317 e. The third kappa shape index (κ3) is 4.23. The van der Waals surface area contributed by atoms with Gasteiger partial charge in [0, 0.05) is 18.6 Å². The Balaban J connectivity index is 1.44. The van der Waals surface area contributed by atoms with Crippen LogP contribution in [0.3, 0.4) is 0 Å². The Kier molecular flexibility index (Phi) is 4.92. The Morgan fingerprint density at radius 3 is 2.43 bits per heavy atom. The highest BCUT2D eigenvalue weighted by atomic mass is 16.5. The minimum atomic E-state index is -0.764. The number of hydrogen-bond donors (Lipinski definition) is 2. The van der Waals surface area contributed by atoms with Crippen molar-refractivity contribution < 1.29 is 19.4 Å². The maximum absolute atomic E-state index is 12.3. The predicted molar refractivity (Wildman–Crippen MR) is 85.0 cm³/mol. The summed E-state index contributed by atoms with van der Waals surface area (Å²) >= 11 is 0. The van der Waals surface area contributed by atoms with Gasteiger partial charge in [0.25, 0.3) is 0 Å². The largest absolute Gasteiger partial charge is 0.480 e. The summed E-state index contributed by atoms with van der Waals surface area (Å²) in [6, 6.07) is 0.451. The van der Waals surface area contributed by atoms with Crippen LogP contribution in [0.4, 0.5) is 0 Å². The number of carbonyl (C=O) groups excluding carboxylic acids is 1. The molecule has 3 unspecified atom stereocenters. The molecule has 6 heteroatoms. The molecule has 3 fully saturated rings. The summed E-state index contributed by atoms with van der Waals surface area (Å²) < 4.78 is 5.69. The van der Waals surface area contributed by atoms with Crippen LogP contribution in [0.15, 0.2) is 0 Å². The lowest BCUT2D eigenvalue weighted by atomic mass is 9.84. The molecule has 1 heterocycles. The van der Waals surface area contributed by atoms with Crippen molar-refractivity contribution in [2.45, 2.75) is 70.2 Å². The molecule has 130 valence electrons. The Hall–Kier alpha value is -1.14. The van der Waals surface area contributed by atoms with Gasteiger partial charge in [-0.25, -0.2) is 0 Å². The highest BCUT2D eigenvalue weighted by Crippen LogP contribution is 2.34. The third-order valence-corrected chi connectivity index (χ3v) is 5.36. The molecule has 3 aliphatic rings. The number of nitrogens with zero attached hydrogens (tertiary/aromatic N) is 1. The molecule has 2 aliphatic carbocycles. The van der Waals surface area contributed by atoms with E-state index in [1.165, 1.54) is 12.8 Å². The van der Waals surface area contributed by atoms with Crippen LogP contribution < -0.4 is 5.32 Å². The standard InChI is InChI=1S/C17H28N2O4/c1-10-5-11(2)23-16(10)17(22)18-13-6-14(7-13)19(9-15(20)21)8-12-3-4-12/h10-14,16H,3-9H2,1-2H3,(H,18,22)(H,20,21). The highest BCUT2D eigenvalue weighted by Gasteiger charge is 2.40. The number of amides is 1. The Bertz CT molecular complexity index is 460. The molecule has 1 saturated heterocycles. The average Bonchev–Trinajstić information content (AvgIpc) is 3.15. The molecule has 2 N–H and O–H groups in total. The third-order valence-electron chi connectivity index (χ3n) is 5.36. The number of hydrogen-bond acceptors (Lipinski definition) is 4. The summed E-state index contributed by atoms with van der Waals surface area (Å²) in [4.78, 5) is 25.4. The van der Waals surface area contributed by atoms with Gasteiger partial charge in [-0.15, -0.1) is 0 Å². The summed E-state index contributed by atoms with van der Waals surface area (Å²) in [5.41, 5.74) is 0. The van der Waals surface area contributed by atoms with E-state index < -0.39 is 5.97 Å². The Morgan fingerprint density at radius 2 is 1.91 bits per heavy atom. The summed E-state index contributed by atoms with van der Waals surface area (Å²) in [7, 11) is 0. The Morgan fingerprint density at radius 1 is 1.22 bits per heavy atom. The van der Waals surface area contributed by atoms with Crippen LogP contribution in [-0.4, -0.2) is 59.3 Å². The van der Waals surface area contributed by atoms with Gasteiger partial charge in [-0.05, 0) is 50.9 Å². The lowest BCUT2D eigenvalue weighted by Gasteiger charge is -2.43. The first-order chi connectivity index (χ1) is 10.9. The van der Waals surface area contributed by atoms with Crippen LogP contribution in [0.2, 0.25) is 0 Å². The lowest BCUT2D eigenvalue weighted by Crippen LogP contribution is -2.56. The van der Waals surface area contributed by atoms with Gasteiger partial charge in [-0.3, -0.25) is 14.5 Å². The van der Waals surface area contributed by atoms with E-state index in [0.29, 0.717) is 5.92 Å². The van der Waals surface area contributed by atoms with Crippen molar-refractivity contribution in [1.29, 1.82) is 0 Å². The molecular weight excluding hydrogens is 296 g/mol. The van der Waals surface area contributed by atoms with Gasteiger partial charge in [-0.1, -0.05) is 6.92 Å². The maximum atomic E-state index is 12.3. The summed E-state index contributed by atoms with van der Waals surface area (Å²) in [6.45, 7) is 5.06. The van der Waals surface area contributed by atoms with Gasteiger partial charge >= 0.3 is 5.97 Å². The SMILES string of the molecule is CC1CC(C)C(C(=O)NC2CC(N(CC(=O)O)CC3CC3)C2)O1. The van der Waals surface area contributed by atoms with E-state index in [9.17, 15) is 9.59 Å². The number of ether oxygens (including phenoxy) is 1. The van der Waals surface area contributed by atoms with Crippen LogP contribution >= 0.6 is 0 Å². The first-order valence-corrected chi connectivity index (χ1v) is 8.84. The number of aliphatic carboxylic acids is 1. The molecule has 0 radical (unpaired) electrons. The minimum absolute atomic E-state index is 0.00252. The fourth-order valence-electron chi connectivity index (χ4n) is 3.84. The fourth-order valence-corrected chi connectivity index (χ4v) is 3.84. The number of carbonyl (C=O) groups is 2. The quantitative estimate of drug-likeness (QED) is 0.737. The summed E-state index contributed by atoms with van der Waals surface area (Å²) in [5.74, 6) is 0.175. The zero-order chi connectivity index (χ0) is 16.6.